The summed E-state index contributed by atoms with van der Waals surface area (Å²) in [4.78, 5) is 12.9. The smallest absolute Gasteiger partial charge is 0.262 e. The van der Waals surface area contributed by atoms with Gasteiger partial charge in [0.1, 0.15) is 17.4 Å². The average Bonchev–Trinajstić information content (AvgIpc) is 2.97. The van der Waals surface area contributed by atoms with Crippen molar-refractivity contribution in [2.45, 2.75) is 6.54 Å². The van der Waals surface area contributed by atoms with Crippen LogP contribution in [0.25, 0.3) is 6.08 Å². The van der Waals surface area contributed by atoms with Gasteiger partial charge in [-0.2, -0.15) is 5.26 Å². The maximum absolute atomic E-state index is 11.9. The molecule has 0 aliphatic rings. The summed E-state index contributed by atoms with van der Waals surface area (Å²) in [6, 6.07) is 12.0. The Kier molecular flexibility index (Phi) is 4.53. The number of nitrogens with one attached hydrogen (secondary N) is 1. The van der Waals surface area contributed by atoms with E-state index in [2.05, 4.69) is 5.32 Å². The molecular weight excluding hydrogens is 272 g/mol. The van der Waals surface area contributed by atoms with Crippen molar-refractivity contribution in [3.8, 4) is 11.8 Å². The second kappa shape index (κ2) is 6.55. The van der Waals surface area contributed by atoms with E-state index in [1.54, 1.807) is 23.5 Å². The normalized spacial score (nSPS) is 10.8. The summed E-state index contributed by atoms with van der Waals surface area (Å²) in [5.41, 5.74) is 0.720. The van der Waals surface area contributed by atoms with E-state index in [-0.39, 0.29) is 11.3 Å². The SMILES string of the molecule is N#C/C(=C\c1ccc(O)cc1)C(=O)NCc1cccs1. The Bertz CT molecular complexity index is 652. The predicted molar refractivity (Wildman–Crippen MR) is 77.9 cm³/mol. The topological polar surface area (TPSA) is 73.1 Å². The van der Waals surface area contributed by atoms with Crippen LogP contribution in [0, 0.1) is 11.3 Å². The molecule has 5 heteroatoms. The number of amides is 1. The van der Waals surface area contributed by atoms with Gasteiger partial charge in [0, 0.05) is 4.88 Å². The highest BCUT2D eigenvalue weighted by molar-refractivity contribution is 7.09. The zero-order chi connectivity index (χ0) is 14.4. The lowest BCUT2D eigenvalue weighted by atomic mass is 10.1. The summed E-state index contributed by atoms with van der Waals surface area (Å²) < 4.78 is 0. The van der Waals surface area contributed by atoms with Gasteiger partial charge in [-0.05, 0) is 35.2 Å². The minimum absolute atomic E-state index is 0.0345. The Morgan fingerprint density at radius 1 is 1.35 bits per heavy atom. The van der Waals surface area contributed by atoms with E-state index in [0.717, 1.165) is 4.88 Å². The standard InChI is InChI=1S/C15H12N2O2S/c16-9-12(8-11-3-5-13(18)6-4-11)15(19)17-10-14-2-1-7-20-14/h1-8,18H,10H2,(H,17,19)/b12-8+. The van der Waals surface area contributed by atoms with E-state index in [1.807, 2.05) is 23.6 Å². The van der Waals surface area contributed by atoms with Gasteiger partial charge in [0.05, 0.1) is 6.54 Å². The molecule has 0 unspecified atom stereocenters. The molecule has 0 fully saturated rings. The van der Waals surface area contributed by atoms with Gasteiger partial charge < -0.3 is 10.4 Å². The highest BCUT2D eigenvalue weighted by Crippen LogP contribution is 2.13. The average molecular weight is 284 g/mol. The molecule has 0 spiro atoms. The summed E-state index contributed by atoms with van der Waals surface area (Å²) in [5, 5.41) is 22.9. The summed E-state index contributed by atoms with van der Waals surface area (Å²) in [7, 11) is 0. The third-order valence-electron chi connectivity index (χ3n) is 2.57. The van der Waals surface area contributed by atoms with Crippen LogP contribution in [0.1, 0.15) is 10.4 Å². The van der Waals surface area contributed by atoms with Crippen LogP contribution in [0.15, 0.2) is 47.4 Å². The van der Waals surface area contributed by atoms with Crippen molar-refractivity contribution in [2.24, 2.45) is 0 Å². The van der Waals surface area contributed by atoms with E-state index < -0.39 is 5.91 Å². The molecule has 20 heavy (non-hydrogen) atoms. The molecule has 1 aromatic carbocycles. The van der Waals surface area contributed by atoms with Crippen LogP contribution in [-0.4, -0.2) is 11.0 Å². The molecule has 0 saturated heterocycles. The number of hydrogen-bond donors (Lipinski definition) is 2. The second-order valence-corrected chi connectivity index (χ2v) is 5.06. The van der Waals surface area contributed by atoms with Crippen LogP contribution < -0.4 is 5.32 Å². The van der Waals surface area contributed by atoms with Gasteiger partial charge in [-0.3, -0.25) is 4.79 Å². The fourth-order valence-electron chi connectivity index (χ4n) is 1.56. The first kappa shape index (κ1) is 13.8. The molecule has 2 aromatic rings. The maximum atomic E-state index is 11.9. The Labute approximate surface area is 120 Å². The predicted octanol–water partition coefficient (Wildman–Crippen LogP) is 2.68. The highest BCUT2D eigenvalue weighted by atomic mass is 32.1. The van der Waals surface area contributed by atoms with E-state index in [0.29, 0.717) is 12.1 Å². The van der Waals surface area contributed by atoms with Crippen molar-refractivity contribution >= 4 is 23.3 Å². The Hall–Kier alpha value is -2.58. The quantitative estimate of drug-likeness (QED) is 0.669. The van der Waals surface area contributed by atoms with E-state index in [9.17, 15) is 9.90 Å². The molecule has 4 nitrogen and oxygen atoms in total. The van der Waals surface area contributed by atoms with Gasteiger partial charge >= 0.3 is 0 Å². The maximum Gasteiger partial charge on any atom is 0.262 e. The van der Waals surface area contributed by atoms with Crippen molar-refractivity contribution in [1.29, 1.82) is 5.26 Å². The molecule has 0 aliphatic carbocycles. The zero-order valence-corrected chi connectivity index (χ0v) is 11.4. The fraction of sp³-hybridized carbons (Fsp3) is 0.0667. The third kappa shape index (κ3) is 3.70. The first-order valence-corrected chi connectivity index (χ1v) is 6.78. The van der Waals surface area contributed by atoms with Crippen LogP contribution >= 0.6 is 11.3 Å². The number of carbonyl (C=O) groups excluding carboxylic acids is 1. The van der Waals surface area contributed by atoms with Crippen molar-refractivity contribution in [2.75, 3.05) is 0 Å². The molecule has 1 heterocycles. The summed E-state index contributed by atoms with van der Waals surface area (Å²) in [5.74, 6) is -0.267. The van der Waals surface area contributed by atoms with E-state index in [4.69, 9.17) is 5.26 Å². The largest absolute Gasteiger partial charge is 0.508 e. The Morgan fingerprint density at radius 3 is 2.70 bits per heavy atom. The summed E-state index contributed by atoms with van der Waals surface area (Å²) in [6.07, 6.45) is 1.49. The van der Waals surface area contributed by atoms with Crippen LogP contribution in [0.5, 0.6) is 5.75 Å². The first-order valence-electron chi connectivity index (χ1n) is 5.90. The first-order chi connectivity index (χ1) is 9.69. The number of rotatable bonds is 4. The van der Waals surface area contributed by atoms with Gasteiger partial charge in [-0.15, -0.1) is 11.3 Å². The van der Waals surface area contributed by atoms with Crippen molar-refractivity contribution < 1.29 is 9.90 Å². The molecular formula is C15H12N2O2S. The molecule has 0 atom stereocenters. The summed E-state index contributed by atoms with van der Waals surface area (Å²) >= 11 is 1.54. The molecule has 0 radical (unpaired) electrons. The molecule has 0 aliphatic heterocycles. The number of phenols is 1. The number of carbonyl (C=O) groups is 1. The number of nitrogens with zero attached hydrogens (tertiary/aromatic N) is 1. The molecule has 1 amide bonds. The lowest BCUT2D eigenvalue weighted by molar-refractivity contribution is -0.117. The Balaban J connectivity index is 2.05. The lowest BCUT2D eigenvalue weighted by Crippen LogP contribution is -2.23. The molecule has 1 aromatic heterocycles. The third-order valence-corrected chi connectivity index (χ3v) is 3.45. The fourth-order valence-corrected chi connectivity index (χ4v) is 2.21. The molecule has 0 bridgehead atoms. The lowest BCUT2D eigenvalue weighted by Gasteiger charge is -2.02. The van der Waals surface area contributed by atoms with Crippen LogP contribution in [-0.2, 0) is 11.3 Å². The molecule has 2 rings (SSSR count). The number of hydrogen-bond acceptors (Lipinski definition) is 4. The Morgan fingerprint density at radius 2 is 2.10 bits per heavy atom. The van der Waals surface area contributed by atoms with Crippen LogP contribution in [0.3, 0.4) is 0 Å². The summed E-state index contributed by atoms with van der Waals surface area (Å²) in [6.45, 7) is 0.408. The van der Waals surface area contributed by atoms with Crippen molar-refractivity contribution in [1.82, 2.24) is 5.32 Å². The molecule has 100 valence electrons. The monoisotopic (exact) mass is 284 g/mol. The van der Waals surface area contributed by atoms with Gasteiger partial charge in [0.2, 0.25) is 0 Å². The van der Waals surface area contributed by atoms with Gasteiger partial charge in [-0.25, -0.2) is 0 Å². The number of thiophene rings is 1. The molecule has 0 saturated carbocycles. The van der Waals surface area contributed by atoms with Gasteiger partial charge in [-0.1, -0.05) is 18.2 Å². The number of nitriles is 1. The van der Waals surface area contributed by atoms with E-state index in [1.165, 1.54) is 18.2 Å². The molecule has 2 N–H and O–H groups in total. The van der Waals surface area contributed by atoms with Crippen molar-refractivity contribution in [3.05, 3.63) is 57.8 Å². The zero-order valence-electron chi connectivity index (χ0n) is 10.5. The number of benzene rings is 1. The van der Waals surface area contributed by atoms with Gasteiger partial charge in [0.25, 0.3) is 5.91 Å². The van der Waals surface area contributed by atoms with Crippen molar-refractivity contribution in [3.63, 3.8) is 0 Å². The highest BCUT2D eigenvalue weighted by Gasteiger charge is 2.08. The second-order valence-electron chi connectivity index (χ2n) is 4.02. The van der Waals surface area contributed by atoms with Crippen LogP contribution in [0.4, 0.5) is 0 Å². The van der Waals surface area contributed by atoms with E-state index >= 15 is 0 Å². The van der Waals surface area contributed by atoms with Gasteiger partial charge in [0.15, 0.2) is 0 Å². The minimum Gasteiger partial charge on any atom is -0.508 e. The number of aromatic hydroxyl groups is 1. The van der Waals surface area contributed by atoms with Crippen LogP contribution in [0.2, 0.25) is 0 Å². The number of phenolic OH excluding ortho intramolecular Hbond substituents is 1. The minimum atomic E-state index is -0.408.